The van der Waals surface area contributed by atoms with Gasteiger partial charge in [-0.15, -0.1) is 0 Å². The zero-order chi connectivity index (χ0) is 15.9. The minimum atomic E-state index is -3.72. The van der Waals surface area contributed by atoms with Crippen LogP contribution in [-0.2, 0) is 10.1 Å². The first-order valence-corrected chi connectivity index (χ1v) is 8.70. The molecule has 116 valence electrons. The van der Waals surface area contributed by atoms with Crippen LogP contribution in [0.15, 0.2) is 18.3 Å². The first kappa shape index (κ1) is 14.9. The maximum absolute atomic E-state index is 12.2. The van der Waals surface area contributed by atoms with Gasteiger partial charge in [0.2, 0.25) is 5.88 Å². The summed E-state index contributed by atoms with van der Waals surface area (Å²) in [7, 11) is -3.72. The molecule has 1 aliphatic heterocycles. The van der Waals surface area contributed by atoms with Gasteiger partial charge in [-0.05, 0) is 24.5 Å². The van der Waals surface area contributed by atoms with Crippen LogP contribution in [0.25, 0.3) is 10.9 Å². The van der Waals surface area contributed by atoms with E-state index in [0.29, 0.717) is 5.52 Å². The fourth-order valence-corrected chi connectivity index (χ4v) is 3.44. The number of pyridine rings is 2. The predicted molar refractivity (Wildman–Crippen MR) is 81.6 cm³/mol. The van der Waals surface area contributed by atoms with Gasteiger partial charge in [0.1, 0.15) is 0 Å². The molecule has 0 unspecified atom stereocenters. The first-order chi connectivity index (χ1) is 10.4. The number of ketones is 1. The van der Waals surface area contributed by atoms with E-state index >= 15 is 0 Å². The third-order valence-corrected chi connectivity index (χ3v) is 4.78. The molecule has 6 nitrogen and oxygen atoms in total. The van der Waals surface area contributed by atoms with Crippen molar-refractivity contribution in [2.45, 2.75) is 32.6 Å². The second-order valence-electron chi connectivity index (χ2n) is 5.64. The summed E-state index contributed by atoms with van der Waals surface area (Å²) in [6.07, 6.45) is 2.09. The molecule has 0 aromatic carbocycles. The van der Waals surface area contributed by atoms with Crippen molar-refractivity contribution in [3.05, 3.63) is 29.6 Å². The smallest absolute Gasteiger partial charge is 0.310 e. The Morgan fingerprint density at radius 2 is 2.09 bits per heavy atom. The van der Waals surface area contributed by atoms with Gasteiger partial charge in [0.15, 0.2) is 5.78 Å². The molecule has 0 spiro atoms. The Hall–Kier alpha value is -2.02. The molecule has 0 atom stereocenters. The highest BCUT2D eigenvalue weighted by molar-refractivity contribution is 7.87. The number of rotatable bonds is 1. The summed E-state index contributed by atoms with van der Waals surface area (Å²) in [6.45, 7) is 3.95. The number of carbonyl (C=O) groups excluding carboxylic acids is 1. The van der Waals surface area contributed by atoms with Crippen LogP contribution in [0, 0.1) is 0 Å². The molecule has 0 saturated carbocycles. The maximum Gasteiger partial charge on any atom is 0.310 e. The van der Waals surface area contributed by atoms with E-state index < -0.39 is 10.1 Å². The van der Waals surface area contributed by atoms with Gasteiger partial charge in [-0.25, -0.2) is 4.98 Å². The second kappa shape index (κ2) is 5.31. The molecule has 0 fully saturated rings. The zero-order valence-electron chi connectivity index (χ0n) is 12.4. The summed E-state index contributed by atoms with van der Waals surface area (Å²) >= 11 is 0. The zero-order valence-corrected chi connectivity index (χ0v) is 13.2. The Morgan fingerprint density at radius 3 is 2.82 bits per heavy atom. The van der Waals surface area contributed by atoms with Crippen molar-refractivity contribution in [2.75, 3.05) is 5.75 Å². The molecule has 1 aliphatic rings. The fourth-order valence-electron chi connectivity index (χ4n) is 2.50. The molecule has 0 saturated heterocycles. The van der Waals surface area contributed by atoms with E-state index in [2.05, 4.69) is 9.97 Å². The van der Waals surface area contributed by atoms with Crippen LogP contribution in [0.2, 0.25) is 0 Å². The average molecular weight is 320 g/mol. The van der Waals surface area contributed by atoms with Gasteiger partial charge in [0.25, 0.3) is 0 Å². The minimum absolute atomic E-state index is 0.120. The third kappa shape index (κ3) is 2.68. The molecule has 3 heterocycles. The Kier molecular flexibility index (Phi) is 3.60. The summed E-state index contributed by atoms with van der Waals surface area (Å²) in [4.78, 5) is 20.8. The number of Topliss-reactive ketones (excluding diaryl/α,β-unsaturated/α-hetero) is 1. The van der Waals surface area contributed by atoms with Crippen LogP contribution < -0.4 is 4.18 Å². The third-order valence-electron chi connectivity index (χ3n) is 3.58. The van der Waals surface area contributed by atoms with Gasteiger partial charge in [-0.3, -0.25) is 9.78 Å². The summed E-state index contributed by atoms with van der Waals surface area (Å²) in [5, 5.41) is 0.757. The normalized spacial score (nSPS) is 17.7. The Morgan fingerprint density at radius 1 is 1.32 bits per heavy atom. The van der Waals surface area contributed by atoms with Crippen molar-refractivity contribution in [1.82, 2.24) is 9.97 Å². The largest absolute Gasteiger partial charge is 0.361 e. The lowest BCUT2D eigenvalue weighted by Gasteiger charge is -2.15. The molecule has 7 heteroatoms. The molecule has 2 aromatic heterocycles. The average Bonchev–Trinajstić information content (AvgIpc) is 2.43. The molecule has 3 rings (SSSR count). The monoisotopic (exact) mass is 320 g/mol. The SMILES string of the molecule is CC(C)c1nccc2cc3c(nc12)OS(=O)(=O)CCCC3=O. The lowest BCUT2D eigenvalue weighted by atomic mass is 10.0. The molecular weight excluding hydrogens is 304 g/mol. The van der Waals surface area contributed by atoms with Crippen LogP contribution in [-0.4, -0.2) is 29.9 Å². The topological polar surface area (TPSA) is 86.2 Å². The highest BCUT2D eigenvalue weighted by atomic mass is 32.2. The Balaban J connectivity index is 2.29. The van der Waals surface area contributed by atoms with Gasteiger partial charge in [0.05, 0.1) is 22.5 Å². The van der Waals surface area contributed by atoms with Gasteiger partial charge >= 0.3 is 10.1 Å². The van der Waals surface area contributed by atoms with Gasteiger partial charge in [-0.2, -0.15) is 8.42 Å². The van der Waals surface area contributed by atoms with E-state index in [4.69, 9.17) is 4.18 Å². The maximum atomic E-state index is 12.2. The van der Waals surface area contributed by atoms with Crippen molar-refractivity contribution in [3.63, 3.8) is 0 Å². The van der Waals surface area contributed by atoms with Crippen LogP contribution in [0.4, 0.5) is 0 Å². The lowest BCUT2D eigenvalue weighted by Crippen LogP contribution is -2.20. The lowest BCUT2D eigenvalue weighted by molar-refractivity contribution is 0.0979. The quantitative estimate of drug-likeness (QED) is 0.750. The second-order valence-corrected chi connectivity index (χ2v) is 7.33. The van der Waals surface area contributed by atoms with E-state index in [9.17, 15) is 13.2 Å². The van der Waals surface area contributed by atoms with Crippen molar-refractivity contribution in [3.8, 4) is 5.88 Å². The van der Waals surface area contributed by atoms with Gasteiger partial charge in [0, 0.05) is 18.0 Å². The summed E-state index contributed by atoms with van der Waals surface area (Å²) in [6, 6.07) is 3.41. The molecule has 2 aromatic rings. The number of nitrogens with zero attached hydrogens (tertiary/aromatic N) is 2. The van der Waals surface area contributed by atoms with Gasteiger partial charge in [-0.1, -0.05) is 13.8 Å². The van der Waals surface area contributed by atoms with Gasteiger partial charge < -0.3 is 4.18 Å². The molecule has 0 aliphatic carbocycles. The number of carbonyl (C=O) groups is 1. The Bertz CT molecular complexity index is 859. The molecule has 0 amide bonds. The van der Waals surface area contributed by atoms with Crippen LogP contribution >= 0.6 is 0 Å². The van der Waals surface area contributed by atoms with Crippen LogP contribution in [0.1, 0.15) is 48.7 Å². The van der Waals surface area contributed by atoms with E-state index in [1.807, 2.05) is 13.8 Å². The van der Waals surface area contributed by atoms with E-state index in [-0.39, 0.29) is 41.7 Å². The summed E-state index contributed by atoms with van der Waals surface area (Å²) < 4.78 is 28.8. The standard InChI is InChI=1S/C15H16N2O4S/c1-9(2)13-14-10(5-6-16-13)8-11-12(18)4-3-7-22(19,20)21-15(11)17-14/h5-6,8-9H,3-4,7H2,1-2H3. The number of hydrogen-bond acceptors (Lipinski definition) is 6. The highest BCUT2D eigenvalue weighted by Gasteiger charge is 2.25. The van der Waals surface area contributed by atoms with Crippen molar-refractivity contribution < 1.29 is 17.4 Å². The summed E-state index contributed by atoms with van der Waals surface area (Å²) in [5.74, 6) is -0.341. The van der Waals surface area contributed by atoms with Crippen LogP contribution in [0.3, 0.4) is 0 Å². The van der Waals surface area contributed by atoms with Crippen molar-refractivity contribution >= 4 is 26.8 Å². The van der Waals surface area contributed by atoms with Crippen LogP contribution in [0.5, 0.6) is 5.88 Å². The molecule has 0 bridgehead atoms. The fraction of sp³-hybridized carbons (Fsp3) is 0.400. The molecule has 0 N–H and O–H groups in total. The molecular formula is C15H16N2O4S. The molecule has 0 radical (unpaired) electrons. The number of hydrogen-bond donors (Lipinski definition) is 0. The van der Waals surface area contributed by atoms with E-state index in [1.54, 1.807) is 18.3 Å². The number of aromatic nitrogens is 2. The first-order valence-electron chi connectivity index (χ1n) is 7.12. The minimum Gasteiger partial charge on any atom is -0.361 e. The predicted octanol–water partition coefficient (Wildman–Crippen LogP) is 2.44. The molecule has 22 heavy (non-hydrogen) atoms. The van der Waals surface area contributed by atoms with Crippen molar-refractivity contribution in [1.29, 1.82) is 0 Å². The number of fused-ring (bicyclic) bond motifs is 2. The summed E-state index contributed by atoms with van der Waals surface area (Å²) in [5.41, 5.74) is 1.53. The van der Waals surface area contributed by atoms with E-state index in [0.717, 1.165) is 11.1 Å². The highest BCUT2D eigenvalue weighted by Crippen LogP contribution is 2.30. The van der Waals surface area contributed by atoms with E-state index in [1.165, 1.54) is 0 Å². The Labute approximate surface area is 128 Å². The van der Waals surface area contributed by atoms with Crippen molar-refractivity contribution in [2.24, 2.45) is 0 Å².